The highest BCUT2D eigenvalue weighted by atomic mass is 32.4. The van der Waals surface area contributed by atoms with Gasteiger partial charge in [-0.2, -0.15) is 5.10 Å². The maximum atomic E-state index is 5.51. The predicted octanol–water partition coefficient (Wildman–Crippen LogP) is 4.75. The minimum Gasteiger partial charge on any atom is -0.277 e. The number of rotatable bonds is 4. The smallest absolute Gasteiger partial charge is 0.201 e. The minimum absolute atomic E-state index is 0.378. The van der Waals surface area contributed by atoms with Gasteiger partial charge < -0.3 is 0 Å². The monoisotopic (exact) mass is 341 g/mol. The zero-order chi connectivity index (χ0) is 16.0. The SMILES string of the molecule is CC.CC(Cn1ncn(P(C)(C)=S)c1=S)c1ccccc1. The van der Waals surface area contributed by atoms with Crippen molar-refractivity contribution in [2.45, 2.75) is 33.2 Å². The first-order valence-electron chi connectivity index (χ1n) is 7.15. The molecule has 116 valence electrons. The maximum Gasteiger partial charge on any atom is 0.201 e. The Morgan fingerprint density at radius 1 is 1.19 bits per heavy atom. The molecule has 0 saturated carbocycles. The fourth-order valence-corrected chi connectivity index (χ4v) is 4.04. The van der Waals surface area contributed by atoms with Crippen LogP contribution in [0.4, 0.5) is 0 Å². The van der Waals surface area contributed by atoms with Gasteiger partial charge in [-0.1, -0.05) is 62.9 Å². The Hall–Kier alpha value is -0.770. The number of nitrogens with zero attached hydrogens (tertiary/aromatic N) is 3. The Labute approximate surface area is 138 Å². The fourth-order valence-electron chi connectivity index (χ4n) is 1.93. The molecule has 0 radical (unpaired) electrons. The van der Waals surface area contributed by atoms with Gasteiger partial charge >= 0.3 is 0 Å². The third-order valence-electron chi connectivity index (χ3n) is 3.05. The molecule has 2 aromatic rings. The second-order valence-electron chi connectivity index (χ2n) is 5.05. The lowest BCUT2D eigenvalue weighted by atomic mass is 10.0. The van der Waals surface area contributed by atoms with Crippen molar-refractivity contribution in [1.29, 1.82) is 0 Å². The van der Waals surface area contributed by atoms with Crippen LogP contribution in [0.1, 0.15) is 32.3 Å². The maximum absolute atomic E-state index is 5.51. The number of aromatic nitrogens is 3. The van der Waals surface area contributed by atoms with Gasteiger partial charge in [-0.25, -0.2) is 4.68 Å². The van der Waals surface area contributed by atoms with E-state index in [0.29, 0.717) is 5.92 Å². The molecule has 3 nitrogen and oxygen atoms in total. The average Bonchev–Trinajstić information content (AvgIpc) is 2.83. The van der Waals surface area contributed by atoms with Crippen LogP contribution in [0.15, 0.2) is 36.7 Å². The van der Waals surface area contributed by atoms with Crippen LogP contribution in [0.3, 0.4) is 0 Å². The summed E-state index contributed by atoms with van der Waals surface area (Å²) in [5.74, 6) is 0.378. The van der Waals surface area contributed by atoms with E-state index in [-0.39, 0.29) is 0 Å². The summed E-state index contributed by atoms with van der Waals surface area (Å²) in [5.41, 5.74) is 1.30. The van der Waals surface area contributed by atoms with Crippen molar-refractivity contribution in [2.75, 3.05) is 13.3 Å². The van der Waals surface area contributed by atoms with Gasteiger partial charge in [0.2, 0.25) is 4.77 Å². The average molecular weight is 341 g/mol. The zero-order valence-electron chi connectivity index (χ0n) is 13.4. The van der Waals surface area contributed by atoms with Gasteiger partial charge in [-0.3, -0.25) is 4.34 Å². The lowest BCUT2D eigenvalue weighted by molar-refractivity contribution is 0.535. The van der Waals surface area contributed by atoms with Crippen LogP contribution in [0.2, 0.25) is 0 Å². The fraction of sp³-hybridized carbons (Fsp3) is 0.467. The molecule has 1 aromatic carbocycles. The Morgan fingerprint density at radius 2 is 1.76 bits per heavy atom. The van der Waals surface area contributed by atoms with Gasteiger partial charge in [-0.15, -0.1) is 0 Å². The van der Waals surface area contributed by atoms with Crippen LogP contribution in [-0.2, 0) is 18.4 Å². The second kappa shape index (κ2) is 8.02. The van der Waals surface area contributed by atoms with E-state index in [2.05, 4.69) is 49.6 Å². The molecule has 0 aliphatic carbocycles. The van der Waals surface area contributed by atoms with E-state index < -0.39 is 6.19 Å². The standard InChI is InChI=1S/C13H18N3PS2.C2H6/c1-11(12-7-5-4-6-8-12)9-15-13(18)16(10-14-15)17(2,3)19;1-2/h4-8,10-11H,9H2,1-3H3;1-2H3. The van der Waals surface area contributed by atoms with Crippen LogP contribution >= 0.6 is 18.4 Å². The topological polar surface area (TPSA) is 22.8 Å². The molecule has 0 N–H and O–H groups in total. The van der Waals surface area contributed by atoms with Crippen molar-refractivity contribution in [3.8, 4) is 0 Å². The first-order chi connectivity index (χ1) is 9.89. The quantitative estimate of drug-likeness (QED) is 0.592. The first kappa shape index (κ1) is 18.3. The van der Waals surface area contributed by atoms with Crippen molar-refractivity contribution < 1.29 is 0 Å². The van der Waals surface area contributed by atoms with Gasteiger partial charge in [-0.05, 0) is 31.1 Å². The van der Waals surface area contributed by atoms with Gasteiger partial charge in [0.05, 0.1) is 6.54 Å². The molecule has 1 atom stereocenters. The first-order valence-corrected chi connectivity index (χ1v) is 11.2. The summed E-state index contributed by atoms with van der Waals surface area (Å²) in [5, 5.41) is 4.38. The molecule has 0 bridgehead atoms. The molecular weight excluding hydrogens is 317 g/mol. The summed E-state index contributed by atoms with van der Waals surface area (Å²) in [6.45, 7) is 11.1. The molecule has 0 aliphatic rings. The molecule has 0 fully saturated rings. The largest absolute Gasteiger partial charge is 0.277 e. The van der Waals surface area contributed by atoms with E-state index in [1.807, 2.05) is 28.9 Å². The lowest BCUT2D eigenvalue weighted by Gasteiger charge is -2.13. The third kappa shape index (κ3) is 4.87. The van der Waals surface area contributed by atoms with E-state index in [1.165, 1.54) is 5.56 Å². The Morgan fingerprint density at radius 3 is 2.24 bits per heavy atom. The van der Waals surface area contributed by atoms with E-state index >= 15 is 0 Å². The van der Waals surface area contributed by atoms with Crippen LogP contribution in [-0.4, -0.2) is 27.4 Å². The van der Waals surface area contributed by atoms with Crippen LogP contribution < -0.4 is 0 Å². The molecule has 6 heteroatoms. The Kier molecular flexibility index (Phi) is 6.98. The van der Waals surface area contributed by atoms with Crippen molar-refractivity contribution >= 4 is 30.2 Å². The molecule has 0 saturated heterocycles. The van der Waals surface area contributed by atoms with Gasteiger partial charge in [0.25, 0.3) is 0 Å². The van der Waals surface area contributed by atoms with Gasteiger partial charge in [0, 0.05) is 12.1 Å². The summed E-state index contributed by atoms with van der Waals surface area (Å²) in [4.78, 5) is 0. The minimum atomic E-state index is -1.59. The summed E-state index contributed by atoms with van der Waals surface area (Å²) in [7, 11) is 0. The molecule has 0 spiro atoms. The predicted molar refractivity (Wildman–Crippen MR) is 98.8 cm³/mol. The summed E-state index contributed by atoms with van der Waals surface area (Å²) in [6.07, 6.45) is 0.191. The van der Waals surface area contributed by atoms with E-state index in [0.717, 1.165) is 11.3 Å². The summed E-state index contributed by atoms with van der Waals surface area (Å²) < 4.78 is 4.58. The highest BCUT2D eigenvalue weighted by Gasteiger charge is 2.12. The highest BCUT2D eigenvalue weighted by Crippen LogP contribution is 2.38. The van der Waals surface area contributed by atoms with Crippen molar-refractivity contribution in [3.05, 3.63) is 47.0 Å². The van der Waals surface area contributed by atoms with E-state index in [1.54, 1.807) is 6.33 Å². The van der Waals surface area contributed by atoms with Crippen LogP contribution in [0.5, 0.6) is 0 Å². The summed E-state index contributed by atoms with van der Waals surface area (Å²) in [6, 6.07) is 10.4. The molecule has 1 unspecified atom stereocenters. The van der Waals surface area contributed by atoms with Crippen LogP contribution in [0, 0.1) is 4.77 Å². The van der Waals surface area contributed by atoms with Crippen molar-refractivity contribution in [3.63, 3.8) is 0 Å². The molecule has 21 heavy (non-hydrogen) atoms. The van der Waals surface area contributed by atoms with Crippen LogP contribution in [0.25, 0.3) is 0 Å². The second-order valence-corrected chi connectivity index (χ2v) is 11.1. The van der Waals surface area contributed by atoms with Crippen molar-refractivity contribution in [2.24, 2.45) is 0 Å². The van der Waals surface area contributed by atoms with E-state index in [9.17, 15) is 0 Å². The molecule has 1 heterocycles. The Balaban J connectivity index is 0.00000106. The molecule has 0 amide bonds. The molecule has 2 rings (SSSR count). The van der Waals surface area contributed by atoms with E-state index in [4.69, 9.17) is 24.0 Å². The lowest BCUT2D eigenvalue weighted by Crippen LogP contribution is -2.08. The third-order valence-corrected chi connectivity index (χ3v) is 5.45. The number of hydrogen-bond donors (Lipinski definition) is 0. The zero-order valence-corrected chi connectivity index (χ0v) is 15.9. The highest BCUT2D eigenvalue weighted by molar-refractivity contribution is 8.13. The number of hydrogen-bond acceptors (Lipinski definition) is 3. The molecular formula is C15H24N3PS2. The summed E-state index contributed by atoms with van der Waals surface area (Å²) >= 11 is 11.0. The normalized spacial score (nSPS) is 12.4. The number of benzene rings is 1. The van der Waals surface area contributed by atoms with Crippen molar-refractivity contribution in [1.82, 2.24) is 14.1 Å². The van der Waals surface area contributed by atoms with Gasteiger partial charge in [0.1, 0.15) is 6.33 Å². The molecule has 1 aromatic heterocycles. The Bertz CT molecular complexity index is 655. The molecule has 0 aliphatic heterocycles. The van der Waals surface area contributed by atoms with Gasteiger partial charge in [0.15, 0.2) is 0 Å².